The van der Waals surface area contributed by atoms with Crippen LogP contribution in [0.4, 0.5) is 0 Å². The lowest BCUT2D eigenvalue weighted by Gasteiger charge is -2.34. The quantitative estimate of drug-likeness (QED) is 0.319. The lowest BCUT2D eigenvalue weighted by Crippen LogP contribution is -2.57. The Labute approximate surface area is 221 Å². The number of benzene rings is 1. The Morgan fingerprint density at radius 3 is 2.74 bits per heavy atom. The van der Waals surface area contributed by atoms with Gasteiger partial charge in [-0.2, -0.15) is 16.4 Å². The number of aromatic nitrogens is 3. The van der Waals surface area contributed by atoms with Crippen molar-refractivity contribution >= 4 is 17.2 Å². The lowest BCUT2D eigenvalue weighted by molar-refractivity contribution is -0.384. The first-order chi connectivity index (χ1) is 18.3. The highest BCUT2D eigenvalue weighted by atomic mass is 32.1. The average Bonchev–Trinajstić information content (AvgIpc) is 3.69. The van der Waals surface area contributed by atoms with Crippen molar-refractivity contribution < 1.29 is 34.3 Å². The molecule has 1 saturated heterocycles. The van der Waals surface area contributed by atoms with Gasteiger partial charge in [0.15, 0.2) is 5.69 Å². The Hall–Kier alpha value is -3.68. The first-order valence-electron chi connectivity index (χ1n) is 12.0. The molecule has 3 aromatic heterocycles. The Kier molecular flexibility index (Phi) is 6.00. The molecule has 0 saturated carbocycles. The molecule has 3 N–H and O–H groups in total. The van der Waals surface area contributed by atoms with E-state index in [0.717, 1.165) is 16.8 Å². The van der Waals surface area contributed by atoms with Gasteiger partial charge in [0.05, 0.1) is 31.1 Å². The van der Waals surface area contributed by atoms with Crippen molar-refractivity contribution in [2.45, 2.75) is 25.2 Å². The Bertz CT molecular complexity index is 1500. The number of fused-ring (bicyclic) bond motifs is 3. The molecular formula is C26H26N4O7S. The molecular weight excluding hydrogens is 512 g/mol. The summed E-state index contributed by atoms with van der Waals surface area (Å²) in [6, 6.07) is 6.87. The van der Waals surface area contributed by atoms with E-state index in [1.807, 2.05) is 59.0 Å². The Morgan fingerprint density at radius 1 is 1.26 bits per heavy atom. The first-order valence-corrected chi connectivity index (χ1v) is 12.9. The van der Waals surface area contributed by atoms with Gasteiger partial charge in [0, 0.05) is 59.7 Å². The minimum absolute atomic E-state index is 0.00563. The van der Waals surface area contributed by atoms with Crippen LogP contribution in [0.5, 0.6) is 11.5 Å². The standard InChI is InChI=1S/C26H26N4O7S/c1-28-6-3-15(11-28)18-9-19-22(10-21(18)35-2)37-13-20-23(27-30(24(19)20)17-5-8-38-14-17)25(31)29(26(32,33)34)16-4-7-36-12-16/h3,5-6,8-11,14,16,32-34H,4,7,12-13H2,1-2H3. The van der Waals surface area contributed by atoms with E-state index in [4.69, 9.17) is 14.2 Å². The van der Waals surface area contributed by atoms with Crippen LogP contribution in [0.1, 0.15) is 22.5 Å². The van der Waals surface area contributed by atoms with Crippen LogP contribution in [-0.2, 0) is 18.4 Å². The number of hydrogen-bond acceptors (Lipinski definition) is 9. The number of ether oxygens (including phenoxy) is 3. The number of nitrogens with zero attached hydrogens (tertiary/aromatic N) is 4. The Balaban J connectivity index is 1.55. The highest BCUT2D eigenvalue weighted by molar-refractivity contribution is 7.08. The molecule has 198 valence electrons. The number of aliphatic hydroxyl groups is 3. The average molecular weight is 539 g/mol. The van der Waals surface area contributed by atoms with Gasteiger partial charge < -0.3 is 34.1 Å². The van der Waals surface area contributed by atoms with Crippen LogP contribution < -0.4 is 9.47 Å². The SMILES string of the molecule is COc1cc2c(cc1-c1ccn(C)c1)-c1c(c(C(=O)N(C3CCOC3)C(O)(O)O)nn1-c1ccsc1)CO2. The van der Waals surface area contributed by atoms with Gasteiger partial charge in [-0.3, -0.25) is 9.69 Å². The van der Waals surface area contributed by atoms with E-state index in [0.29, 0.717) is 46.2 Å². The second-order valence-corrected chi connectivity index (χ2v) is 10.0. The van der Waals surface area contributed by atoms with E-state index in [1.54, 1.807) is 11.8 Å². The molecule has 38 heavy (non-hydrogen) atoms. The van der Waals surface area contributed by atoms with E-state index in [1.165, 1.54) is 11.3 Å². The highest BCUT2D eigenvalue weighted by Crippen LogP contribution is 2.46. The normalized spacial score (nSPS) is 16.6. The van der Waals surface area contributed by atoms with Gasteiger partial charge >= 0.3 is 6.10 Å². The molecule has 0 bridgehead atoms. The van der Waals surface area contributed by atoms with Crippen LogP contribution in [0.3, 0.4) is 0 Å². The summed E-state index contributed by atoms with van der Waals surface area (Å²) >= 11 is 1.48. The molecule has 0 spiro atoms. The lowest BCUT2D eigenvalue weighted by atomic mass is 9.96. The van der Waals surface area contributed by atoms with Crippen molar-refractivity contribution in [3.8, 4) is 39.6 Å². The van der Waals surface area contributed by atoms with Gasteiger partial charge in [-0.05, 0) is 30.0 Å². The van der Waals surface area contributed by atoms with Gasteiger partial charge in [-0.25, -0.2) is 4.68 Å². The number of hydrogen-bond donors (Lipinski definition) is 3. The van der Waals surface area contributed by atoms with Crippen molar-refractivity contribution in [1.82, 2.24) is 19.2 Å². The monoisotopic (exact) mass is 538 g/mol. The molecule has 12 heteroatoms. The van der Waals surface area contributed by atoms with Gasteiger partial charge in [0.25, 0.3) is 5.91 Å². The summed E-state index contributed by atoms with van der Waals surface area (Å²) in [5.41, 5.74) is 4.24. The van der Waals surface area contributed by atoms with Crippen molar-refractivity contribution in [2.75, 3.05) is 20.3 Å². The number of aryl methyl sites for hydroxylation is 1. The van der Waals surface area contributed by atoms with Gasteiger partial charge in [-0.1, -0.05) is 0 Å². The van der Waals surface area contributed by atoms with E-state index >= 15 is 0 Å². The third-order valence-corrected chi connectivity index (χ3v) is 7.49. The van der Waals surface area contributed by atoms with Gasteiger partial charge in [0.1, 0.15) is 18.1 Å². The third kappa shape index (κ3) is 4.06. The van der Waals surface area contributed by atoms with Crippen LogP contribution in [0.2, 0.25) is 0 Å². The van der Waals surface area contributed by atoms with Crippen LogP contribution in [0.15, 0.2) is 47.4 Å². The summed E-state index contributed by atoms with van der Waals surface area (Å²) in [5.74, 6) is 0.350. The molecule has 1 amide bonds. The molecule has 1 aromatic carbocycles. The zero-order chi connectivity index (χ0) is 26.6. The molecule has 1 unspecified atom stereocenters. The van der Waals surface area contributed by atoms with Crippen molar-refractivity contribution in [2.24, 2.45) is 7.05 Å². The molecule has 2 aliphatic rings. The van der Waals surface area contributed by atoms with Gasteiger partial charge in [0.2, 0.25) is 0 Å². The summed E-state index contributed by atoms with van der Waals surface area (Å²) in [4.78, 5) is 14.4. The molecule has 0 aliphatic carbocycles. The predicted molar refractivity (Wildman–Crippen MR) is 137 cm³/mol. The van der Waals surface area contributed by atoms with Crippen LogP contribution in [0, 0.1) is 0 Å². The van der Waals surface area contributed by atoms with Crippen LogP contribution in [-0.4, -0.2) is 72.9 Å². The topological polar surface area (TPSA) is 131 Å². The molecule has 5 heterocycles. The molecule has 4 aromatic rings. The predicted octanol–water partition coefficient (Wildman–Crippen LogP) is 2.33. The number of carbonyl (C=O) groups is 1. The zero-order valence-electron chi connectivity index (χ0n) is 20.7. The van der Waals surface area contributed by atoms with Crippen LogP contribution >= 0.6 is 11.3 Å². The first kappa shape index (κ1) is 24.6. The fourth-order valence-corrected chi connectivity index (χ4v) is 5.67. The molecule has 2 aliphatic heterocycles. The molecule has 1 fully saturated rings. The molecule has 0 radical (unpaired) electrons. The second-order valence-electron chi connectivity index (χ2n) is 9.26. The smallest absolute Gasteiger partial charge is 0.372 e. The summed E-state index contributed by atoms with van der Waals surface area (Å²) in [7, 11) is 3.53. The van der Waals surface area contributed by atoms with Crippen molar-refractivity contribution in [1.29, 1.82) is 0 Å². The summed E-state index contributed by atoms with van der Waals surface area (Å²) in [6.07, 6.45) is 0.859. The van der Waals surface area contributed by atoms with Crippen molar-refractivity contribution in [3.05, 3.63) is 58.7 Å². The maximum atomic E-state index is 13.8. The van der Waals surface area contributed by atoms with E-state index < -0.39 is 18.0 Å². The fraction of sp³-hybridized carbons (Fsp3) is 0.308. The maximum Gasteiger partial charge on any atom is 0.372 e. The zero-order valence-corrected chi connectivity index (χ0v) is 21.5. The number of rotatable bonds is 6. The molecule has 1 atom stereocenters. The number of methoxy groups -OCH3 is 1. The second kappa shape index (κ2) is 9.26. The Morgan fingerprint density at radius 2 is 2.11 bits per heavy atom. The summed E-state index contributed by atoms with van der Waals surface area (Å²) in [6.45, 7) is 0.389. The summed E-state index contributed by atoms with van der Waals surface area (Å²) in [5, 5.41) is 38.8. The number of thiophene rings is 1. The summed E-state index contributed by atoms with van der Waals surface area (Å²) < 4.78 is 20.7. The van der Waals surface area contributed by atoms with E-state index in [-0.39, 0.29) is 18.9 Å². The molecule has 11 nitrogen and oxygen atoms in total. The number of amides is 1. The van der Waals surface area contributed by atoms with Gasteiger partial charge in [-0.15, -0.1) is 0 Å². The highest BCUT2D eigenvalue weighted by Gasteiger charge is 2.44. The largest absolute Gasteiger partial charge is 0.496 e. The van der Waals surface area contributed by atoms with Crippen LogP contribution in [0.25, 0.3) is 28.1 Å². The van der Waals surface area contributed by atoms with Crippen molar-refractivity contribution in [3.63, 3.8) is 0 Å². The van der Waals surface area contributed by atoms with E-state index in [2.05, 4.69) is 5.10 Å². The minimum atomic E-state index is -3.39. The minimum Gasteiger partial charge on any atom is -0.496 e. The van der Waals surface area contributed by atoms with E-state index in [9.17, 15) is 20.1 Å². The number of carbonyl (C=O) groups excluding carboxylic acids is 1. The fourth-order valence-electron chi connectivity index (χ4n) is 5.06. The molecule has 6 rings (SSSR count). The third-order valence-electron chi connectivity index (χ3n) is 6.82. The maximum absolute atomic E-state index is 13.8.